The van der Waals surface area contributed by atoms with E-state index in [1.165, 1.54) is 25.9 Å². The molecule has 2 fully saturated rings. The highest BCUT2D eigenvalue weighted by atomic mass is 16.5. The number of nitrogens with zero attached hydrogens (tertiary/aromatic N) is 1. The van der Waals surface area contributed by atoms with Gasteiger partial charge in [0.2, 0.25) is 0 Å². The summed E-state index contributed by atoms with van der Waals surface area (Å²) in [4.78, 5) is 2.71. The molecule has 3 heteroatoms. The second-order valence-corrected chi connectivity index (χ2v) is 8.03. The molecule has 3 nitrogen and oxygen atoms in total. The van der Waals surface area contributed by atoms with Crippen molar-refractivity contribution in [3.05, 3.63) is 0 Å². The molecule has 1 N–H and O–H groups in total. The molecule has 0 saturated carbocycles. The van der Waals surface area contributed by atoms with Crippen LogP contribution in [0.15, 0.2) is 0 Å². The Labute approximate surface area is 119 Å². The lowest BCUT2D eigenvalue weighted by Gasteiger charge is -2.47. The van der Waals surface area contributed by atoms with E-state index in [0.29, 0.717) is 22.9 Å². The molecule has 0 spiro atoms. The molecule has 2 unspecified atom stereocenters. The first-order valence-electron chi connectivity index (χ1n) is 7.85. The van der Waals surface area contributed by atoms with Crippen LogP contribution in [0, 0.1) is 10.8 Å². The molecular weight excluding hydrogens is 236 g/mol. The predicted octanol–water partition coefficient (Wildman–Crippen LogP) is 2.51. The van der Waals surface area contributed by atoms with Gasteiger partial charge in [-0.3, -0.25) is 4.90 Å². The topological polar surface area (TPSA) is 24.5 Å². The zero-order valence-corrected chi connectivity index (χ0v) is 13.5. The summed E-state index contributed by atoms with van der Waals surface area (Å²) in [5, 5.41) is 3.72. The van der Waals surface area contributed by atoms with Gasteiger partial charge in [0.15, 0.2) is 0 Å². The van der Waals surface area contributed by atoms with E-state index in [1.807, 2.05) is 0 Å². The summed E-state index contributed by atoms with van der Waals surface area (Å²) in [6.07, 6.45) is 2.42. The van der Waals surface area contributed by atoms with E-state index in [9.17, 15) is 0 Å². The third-order valence-corrected chi connectivity index (χ3v) is 5.03. The van der Waals surface area contributed by atoms with Crippen molar-refractivity contribution >= 4 is 0 Å². The molecule has 2 rings (SSSR count). The van der Waals surface area contributed by atoms with E-state index in [-0.39, 0.29) is 0 Å². The van der Waals surface area contributed by atoms with E-state index in [4.69, 9.17) is 4.74 Å². The van der Waals surface area contributed by atoms with Gasteiger partial charge in [0.25, 0.3) is 0 Å². The zero-order valence-electron chi connectivity index (χ0n) is 13.5. The van der Waals surface area contributed by atoms with Crippen LogP contribution in [0.4, 0.5) is 0 Å². The van der Waals surface area contributed by atoms with Crippen molar-refractivity contribution in [2.24, 2.45) is 10.8 Å². The molecule has 19 heavy (non-hydrogen) atoms. The molecular formula is C16H32N2O. The van der Waals surface area contributed by atoms with Crippen LogP contribution in [0.2, 0.25) is 0 Å². The van der Waals surface area contributed by atoms with E-state index in [0.717, 1.165) is 19.8 Å². The van der Waals surface area contributed by atoms with Crippen LogP contribution in [-0.4, -0.2) is 49.8 Å². The van der Waals surface area contributed by atoms with Crippen LogP contribution in [0.3, 0.4) is 0 Å². The highest BCUT2D eigenvalue weighted by Gasteiger charge is 2.36. The van der Waals surface area contributed by atoms with Crippen LogP contribution in [0.5, 0.6) is 0 Å². The van der Waals surface area contributed by atoms with E-state index >= 15 is 0 Å². The summed E-state index contributed by atoms with van der Waals surface area (Å²) in [5.74, 6) is 0. The number of ether oxygens (including phenoxy) is 1. The average Bonchev–Trinajstić information content (AvgIpc) is 2.31. The maximum absolute atomic E-state index is 5.53. The van der Waals surface area contributed by atoms with Crippen molar-refractivity contribution in [1.29, 1.82) is 0 Å². The van der Waals surface area contributed by atoms with Crippen molar-refractivity contribution in [2.45, 2.75) is 59.5 Å². The molecule has 2 aliphatic heterocycles. The molecule has 0 bridgehead atoms. The maximum Gasteiger partial charge on any atom is 0.0471 e. The van der Waals surface area contributed by atoms with E-state index < -0.39 is 0 Å². The minimum Gasteiger partial charge on any atom is -0.381 e. The Hall–Kier alpha value is -0.120. The first kappa shape index (κ1) is 15.3. The number of piperazine rings is 1. The lowest BCUT2D eigenvalue weighted by atomic mass is 9.80. The molecule has 2 heterocycles. The molecule has 0 aromatic carbocycles. The van der Waals surface area contributed by atoms with Crippen LogP contribution in [0.1, 0.15) is 47.5 Å². The van der Waals surface area contributed by atoms with E-state index in [2.05, 4.69) is 44.8 Å². The predicted molar refractivity (Wildman–Crippen MR) is 80.4 cm³/mol. The van der Waals surface area contributed by atoms with Crippen LogP contribution in [-0.2, 0) is 4.74 Å². The largest absolute Gasteiger partial charge is 0.381 e. The summed E-state index contributed by atoms with van der Waals surface area (Å²) in [6, 6.07) is 1.26. The Morgan fingerprint density at radius 2 is 1.89 bits per heavy atom. The van der Waals surface area contributed by atoms with Gasteiger partial charge in [-0.15, -0.1) is 0 Å². The normalized spacial score (nSPS) is 33.3. The molecule has 2 atom stereocenters. The highest BCUT2D eigenvalue weighted by Crippen LogP contribution is 2.33. The van der Waals surface area contributed by atoms with Crippen molar-refractivity contribution in [1.82, 2.24) is 10.2 Å². The summed E-state index contributed by atoms with van der Waals surface area (Å²) < 4.78 is 5.53. The molecule has 0 amide bonds. The van der Waals surface area contributed by atoms with Crippen molar-refractivity contribution in [3.63, 3.8) is 0 Å². The van der Waals surface area contributed by atoms with Gasteiger partial charge in [-0.1, -0.05) is 27.7 Å². The van der Waals surface area contributed by atoms with Gasteiger partial charge in [0, 0.05) is 44.9 Å². The van der Waals surface area contributed by atoms with Crippen LogP contribution >= 0.6 is 0 Å². The summed E-state index contributed by atoms with van der Waals surface area (Å²) >= 11 is 0. The van der Waals surface area contributed by atoms with E-state index in [1.54, 1.807) is 0 Å². The van der Waals surface area contributed by atoms with Gasteiger partial charge >= 0.3 is 0 Å². The monoisotopic (exact) mass is 268 g/mol. The Bertz CT molecular complexity index is 292. The summed E-state index contributed by atoms with van der Waals surface area (Å²) in [5.41, 5.74) is 0.793. The SMILES string of the molecule is CC1CNC(C(C)(C)C)CN1CC1(C)CCOCC1. The quantitative estimate of drug-likeness (QED) is 0.833. The molecule has 0 aromatic rings. The second kappa shape index (κ2) is 5.71. The van der Waals surface area contributed by atoms with Gasteiger partial charge in [-0.05, 0) is 30.6 Å². The lowest BCUT2D eigenvalue weighted by Crippen LogP contribution is -2.61. The van der Waals surface area contributed by atoms with Gasteiger partial charge in [0.05, 0.1) is 0 Å². The summed E-state index contributed by atoms with van der Waals surface area (Å²) in [7, 11) is 0. The first-order chi connectivity index (χ1) is 8.80. The fourth-order valence-corrected chi connectivity index (χ4v) is 3.23. The minimum atomic E-state index is 0.342. The Morgan fingerprint density at radius 1 is 1.26 bits per heavy atom. The standard InChI is InChI=1S/C16H32N2O/c1-13-10-17-14(15(2,3)4)11-18(13)12-16(5)6-8-19-9-7-16/h13-14,17H,6-12H2,1-5H3. The second-order valence-electron chi connectivity index (χ2n) is 8.03. The lowest BCUT2D eigenvalue weighted by molar-refractivity contribution is -0.0142. The minimum absolute atomic E-state index is 0.342. The Morgan fingerprint density at radius 3 is 2.47 bits per heavy atom. The van der Waals surface area contributed by atoms with Gasteiger partial charge < -0.3 is 10.1 Å². The van der Waals surface area contributed by atoms with Crippen LogP contribution < -0.4 is 5.32 Å². The van der Waals surface area contributed by atoms with Gasteiger partial charge in [-0.2, -0.15) is 0 Å². The smallest absolute Gasteiger partial charge is 0.0471 e. The number of rotatable bonds is 2. The molecule has 0 radical (unpaired) electrons. The third kappa shape index (κ3) is 3.93. The molecule has 2 saturated heterocycles. The molecule has 2 aliphatic rings. The highest BCUT2D eigenvalue weighted by molar-refractivity contribution is 4.93. The molecule has 112 valence electrons. The number of hydrogen-bond acceptors (Lipinski definition) is 3. The Kier molecular flexibility index (Phi) is 4.59. The number of nitrogens with one attached hydrogen (secondary N) is 1. The van der Waals surface area contributed by atoms with Crippen molar-refractivity contribution in [3.8, 4) is 0 Å². The zero-order chi connectivity index (χ0) is 14.1. The third-order valence-electron chi connectivity index (χ3n) is 5.03. The molecule has 0 aromatic heterocycles. The number of hydrogen-bond donors (Lipinski definition) is 1. The average molecular weight is 268 g/mol. The van der Waals surface area contributed by atoms with Gasteiger partial charge in [0.1, 0.15) is 0 Å². The fraction of sp³-hybridized carbons (Fsp3) is 1.00. The van der Waals surface area contributed by atoms with Crippen molar-refractivity contribution in [2.75, 3.05) is 32.8 Å². The van der Waals surface area contributed by atoms with Crippen molar-refractivity contribution < 1.29 is 4.74 Å². The van der Waals surface area contributed by atoms with Gasteiger partial charge in [-0.25, -0.2) is 0 Å². The molecule has 0 aliphatic carbocycles. The van der Waals surface area contributed by atoms with Crippen LogP contribution in [0.25, 0.3) is 0 Å². The fourth-order valence-electron chi connectivity index (χ4n) is 3.23. The summed E-state index contributed by atoms with van der Waals surface area (Å²) in [6.45, 7) is 17.2. The Balaban J connectivity index is 1.97. The first-order valence-corrected chi connectivity index (χ1v) is 7.85. The maximum atomic E-state index is 5.53.